The first-order chi connectivity index (χ1) is 20.3. The van der Waals surface area contributed by atoms with Crippen molar-refractivity contribution in [2.75, 3.05) is 0 Å². The molecule has 0 aliphatic carbocycles. The fourth-order valence-corrected chi connectivity index (χ4v) is 4.46. The third-order valence-electron chi connectivity index (χ3n) is 5.90. The summed E-state index contributed by atoms with van der Waals surface area (Å²) in [6, 6.07) is 8.76. The largest absolute Gasteiger partial charge is 0.423 e. The number of carbonyl (C=O) groups is 6. The normalized spacial score (nSPS) is 10.7. The molecule has 12 nitrogen and oxygen atoms in total. The molecule has 4 aromatic rings. The van der Waals surface area contributed by atoms with Gasteiger partial charge in [-0.05, 0) is 68.7 Å². The highest BCUT2D eigenvalue weighted by Crippen LogP contribution is 2.47. The van der Waals surface area contributed by atoms with Gasteiger partial charge in [-0.3, -0.25) is 28.8 Å². The zero-order chi connectivity index (χ0) is 31.6. The maximum atomic E-state index is 12.3. The molecule has 0 N–H and O–H groups in total. The third-order valence-corrected chi connectivity index (χ3v) is 5.90. The Morgan fingerprint density at radius 1 is 0.395 bits per heavy atom. The molecule has 0 amide bonds. The predicted molar refractivity (Wildman–Crippen MR) is 151 cm³/mol. The fourth-order valence-electron chi connectivity index (χ4n) is 4.46. The van der Waals surface area contributed by atoms with Gasteiger partial charge in [-0.25, -0.2) is 0 Å². The molecule has 0 fully saturated rings. The Kier molecular flexibility index (Phi) is 8.60. The fraction of sp³-hybridized carbons (Fsp3) is 0.226. The molecule has 4 aromatic carbocycles. The van der Waals surface area contributed by atoms with Gasteiger partial charge < -0.3 is 28.4 Å². The summed E-state index contributed by atoms with van der Waals surface area (Å²) in [7, 11) is 0. The zero-order valence-electron chi connectivity index (χ0n) is 24.1. The maximum Gasteiger partial charge on any atom is 0.311 e. The number of carbonyl (C=O) groups excluding carboxylic acids is 6. The standard InChI is InChI=1S/C31H26O12/c1-7-31(37)43-30-13-24-22-11-28(41-17(5)35)26(39-15(3)33)9-20(22)19-8-25(38-14(2)32)27(40-16(4)34)10-21(19)23(24)12-29(30)42-18(6)36/h8-13H,7H2,1-6H3. The van der Waals surface area contributed by atoms with Crippen molar-refractivity contribution in [2.24, 2.45) is 0 Å². The molecule has 0 aromatic heterocycles. The highest BCUT2D eigenvalue weighted by Gasteiger charge is 2.23. The first-order valence-corrected chi connectivity index (χ1v) is 12.9. The molecule has 0 radical (unpaired) electrons. The van der Waals surface area contributed by atoms with Gasteiger partial charge in [0.2, 0.25) is 0 Å². The second kappa shape index (κ2) is 12.1. The van der Waals surface area contributed by atoms with Crippen LogP contribution in [0.5, 0.6) is 34.5 Å². The van der Waals surface area contributed by atoms with Crippen LogP contribution in [0.3, 0.4) is 0 Å². The number of hydrogen-bond acceptors (Lipinski definition) is 12. The summed E-state index contributed by atoms with van der Waals surface area (Å²) in [6.45, 7) is 7.48. The van der Waals surface area contributed by atoms with Gasteiger partial charge in [-0.1, -0.05) is 6.92 Å². The number of benzene rings is 4. The first-order valence-electron chi connectivity index (χ1n) is 12.9. The molecule has 0 unspecified atom stereocenters. The Morgan fingerprint density at radius 2 is 0.581 bits per heavy atom. The minimum absolute atomic E-state index is 0.0308. The molecule has 4 rings (SSSR count). The molecule has 0 saturated carbocycles. The van der Waals surface area contributed by atoms with Gasteiger partial charge in [0.1, 0.15) is 0 Å². The molecule has 0 saturated heterocycles. The number of hydrogen-bond donors (Lipinski definition) is 0. The van der Waals surface area contributed by atoms with Gasteiger partial charge in [-0.15, -0.1) is 0 Å². The van der Waals surface area contributed by atoms with Crippen LogP contribution in [0.25, 0.3) is 32.3 Å². The average Bonchev–Trinajstić information content (AvgIpc) is 2.89. The van der Waals surface area contributed by atoms with Crippen molar-refractivity contribution >= 4 is 68.1 Å². The van der Waals surface area contributed by atoms with Crippen molar-refractivity contribution in [3.63, 3.8) is 0 Å². The minimum atomic E-state index is -0.685. The minimum Gasteiger partial charge on any atom is -0.423 e. The van der Waals surface area contributed by atoms with Crippen LogP contribution in [0.15, 0.2) is 36.4 Å². The molecule has 12 heteroatoms. The quantitative estimate of drug-likeness (QED) is 0.160. The number of fused-ring (bicyclic) bond motifs is 6. The van der Waals surface area contributed by atoms with Gasteiger partial charge in [-0.2, -0.15) is 0 Å². The second-order valence-corrected chi connectivity index (χ2v) is 9.33. The molecule has 0 bridgehead atoms. The van der Waals surface area contributed by atoms with Crippen molar-refractivity contribution in [3.8, 4) is 34.5 Å². The maximum absolute atomic E-state index is 12.3. The van der Waals surface area contributed by atoms with E-state index in [0.717, 1.165) is 0 Å². The molecule has 0 spiro atoms. The Morgan fingerprint density at radius 3 is 0.744 bits per heavy atom. The summed E-state index contributed by atoms with van der Waals surface area (Å²) in [4.78, 5) is 72.0. The smallest absolute Gasteiger partial charge is 0.311 e. The van der Waals surface area contributed by atoms with Crippen molar-refractivity contribution in [3.05, 3.63) is 36.4 Å². The lowest BCUT2D eigenvalue weighted by atomic mass is 9.93. The van der Waals surface area contributed by atoms with Crippen LogP contribution in [0.4, 0.5) is 0 Å². The molecule has 222 valence electrons. The van der Waals surface area contributed by atoms with Crippen LogP contribution in [-0.4, -0.2) is 35.8 Å². The molecule has 0 aliphatic rings. The van der Waals surface area contributed by atoms with Crippen LogP contribution in [0.2, 0.25) is 0 Å². The van der Waals surface area contributed by atoms with Crippen molar-refractivity contribution in [1.29, 1.82) is 0 Å². The topological polar surface area (TPSA) is 158 Å². The van der Waals surface area contributed by atoms with E-state index in [9.17, 15) is 28.8 Å². The summed E-state index contributed by atoms with van der Waals surface area (Å²) in [6.07, 6.45) is 0.0308. The second-order valence-electron chi connectivity index (χ2n) is 9.33. The number of esters is 6. The molecule has 0 aliphatic heterocycles. The highest BCUT2D eigenvalue weighted by atomic mass is 16.6. The highest BCUT2D eigenvalue weighted by molar-refractivity contribution is 6.27. The Balaban J connectivity index is 2.26. The Hall–Kier alpha value is -5.52. The lowest BCUT2D eigenvalue weighted by molar-refractivity contribution is -0.136. The number of ether oxygens (including phenoxy) is 6. The van der Waals surface area contributed by atoms with E-state index in [1.54, 1.807) is 6.92 Å². The molecular weight excluding hydrogens is 564 g/mol. The third kappa shape index (κ3) is 6.70. The van der Waals surface area contributed by atoms with Crippen LogP contribution < -0.4 is 28.4 Å². The van der Waals surface area contributed by atoms with Gasteiger partial charge in [0.05, 0.1) is 0 Å². The van der Waals surface area contributed by atoms with Gasteiger partial charge in [0.15, 0.2) is 34.5 Å². The van der Waals surface area contributed by atoms with Crippen LogP contribution in [0.1, 0.15) is 48.0 Å². The van der Waals surface area contributed by atoms with Gasteiger partial charge in [0, 0.05) is 41.0 Å². The van der Waals surface area contributed by atoms with Gasteiger partial charge >= 0.3 is 35.8 Å². The molecular formula is C31H26O12. The van der Waals surface area contributed by atoms with E-state index in [2.05, 4.69) is 0 Å². The number of rotatable bonds is 7. The monoisotopic (exact) mass is 590 g/mol. The predicted octanol–water partition coefficient (Wildman–Crippen LogP) is 5.09. The summed E-state index contributed by atoms with van der Waals surface area (Å²) in [5.74, 6) is -4.48. The SMILES string of the molecule is CCC(=O)Oc1cc2c3cc(OC(C)=O)c(OC(C)=O)cc3c3cc(OC(C)=O)c(OC(C)=O)cc3c2cc1OC(C)=O. The van der Waals surface area contributed by atoms with E-state index < -0.39 is 35.8 Å². The lowest BCUT2D eigenvalue weighted by Gasteiger charge is -2.18. The van der Waals surface area contributed by atoms with E-state index in [0.29, 0.717) is 32.3 Å². The van der Waals surface area contributed by atoms with Crippen LogP contribution in [-0.2, 0) is 28.8 Å². The van der Waals surface area contributed by atoms with E-state index in [1.807, 2.05) is 0 Å². The van der Waals surface area contributed by atoms with Gasteiger partial charge in [0.25, 0.3) is 0 Å². The summed E-state index contributed by atoms with van der Waals surface area (Å²) in [5.41, 5.74) is 0. The first kappa shape index (κ1) is 30.4. The van der Waals surface area contributed by atoms with E-state index in [1.165, 1.54) is 71.0 Å². The van der Waals surface area contributed by atoms with Crippen LogP contribution in [0, 0.1) is 0 Å². The molecule has 0 heterocycles. The zero-order valence-corrected chi connectivity index (χ0v) is 24.1. The van der Waals surface area contributed by atoms with Crippen LogP contribution >= 0.6 is 0 Å². The van der Waals surface area contributed by atoms with E-state index in [-0.39, 0.29) is 40.9 Å². The van der Waals surface area contributed by atoms with Crippen molar-refractivity contribution in [1.82, 2.24) is 0 Å². The van der Waals surface area contributed by atoms with E-state index >= 15 is 0 Å². The Labute approximate surface area is 244 Å². The van der Waals surface area contributed by atoms with Crippen molar-refractivity contribution in [2.45, 2.75) is 48.0 Å². The molecule has 43 heavy (non-hydrogen) atoms. The summed E-state index contributed by atoms with van der Waals surface area (Å²) < 4.78 is 32.2. The summed E-state index contributed by atoms with van der Waals surface area (Å²) >= 11 is 0. The Bertz CT molecular complexity index is 1820. The molecule has 0 atom stereocenters. The summed E-state index contributed by atoms with van der Waals surface area (Å²) in [5, 5.41) is 2.54. The van der Waals surface area contributed by atoms with E-state index in [4.69, 9.17) is 28.4 Å². The lowest BCUT2D eigenvalue weighted by Crippen LogP contribution is -2.09. The van der Waals surface area contributed by atoms with Crippen molar-refractivity contribution < 1.29 is 57.2 Å². The average molecular weight is 591 g/mol.